The highest BCUT2D eigenvalue weighted by Crippen LogP contribution is 2.36. The van der Waals surface area contributed by atoms with Crippen LogP contribution >= 0.6 is 0 Å². The van der Waals surface area contributed by atoms with Crippen LogP contribution in [-0.2, 0) is 14.2 Å². The number of phenolic OH excluding ortho intramolecular Hbond substituents is 1. The lowest BCUT2D eigenvalue weighted by atomic mass is 10.1. The Labute approximate surface area is 228 Å². The van der Waals surface area contributed by atoms with Gasteiger partial charge in [-0.3, -0.25) is 0 Å². The fraction of sp³-hybridized carbons (Fsp3) is 0.607. The third-order valence-electron chi connectivity index (χ3n) is 7.19. The Morgan fingerprint density at radius 2 is 2.03 bits per heavy atom. The number of hydrogen-bond acceptors (Lipinski definition) is 10. The number of rotatable bonds is 11. The van der Waals surface area contributed by atoms with Gasteiger partial charge in [0.05, 0.1) is 24.3 Å². The summed E-state index contributed by atoms with van der Waals surface area (Å²) >= 11 is 0. The number of anilines is 1. The minimum atomic E-state index is -0.409. The zero-order valence-electron chi connectivity index (χ0n) is 23.0. The molecule has 2 aliphatic rings. The Morgan fingerprint density at radius 1 is 1.15 bits per heavy atom. The third kappa shape index (κ3) is 6.60. The Kier molecular flexibility index (Phi) is 8.81. The second-order valence-electron chi connectivity index (χ2n) is 10.4. The fourth-order valence-electron chi connectivity index (χ4n) is 5.05. The summed E-state index contributed by atoms with van der Waals surface area (Å²) in [5, 5.41) is 25.5. The van der Waals surface area contributed by atoms with Crippen molar-refractivity contribution in [3.8, 4) is 23.1 Å². The average molecular weight is 542 g/mol. The summed E-state index contributed by atoms with van der Waals surface area (Å²) in [6.45, 7) is 6.64. The number of aliphatic hydroxyl groups excluding tert-OH is 1. The first-order chi connectivity index (χ1) is 18.9. The first-order valence-corrected chi connectivity index (χ1v) is 13.8. The highest BCUT2D eigenvalue weighted by Gasteiger charge is 2.27. The molecule has 0 radical (unpaired) electrons. The molecule has 2 N–H and O–H groups in total. The molecule has 11 heteroatoms. The zero-order valence-corrected chi connectivity index (χ0v) is 23.0. The van der Waals surface area contributed by atoms with Crippen molar-refractivity contribution >= 4 is 16.7 Å². The van der Waals surface area contributed by atoms with Gasteiger partial charge in [0, 0.05) is 44.9 Å². The number of methoxy groups -OCH3 is 1. The van der Waals surface area contributed by atoms with Crippen molar-refractivity contribution in [2.24, 2.45) is 0 Å². The van der Waals surface area contributed by atoms with Crippen molar-refractivity contribution in [3.05, 3.63) is 24.3 Å². The number of aromatic nitrogens is 4. The van der Waals surface area contributed by atoms with Crippen LogP contribution in [0.25, 0.3) is 22.3 Å². The molecule has 0 spiro atoms. The van der Waals surface area contributed by atoms with E-state index in [0.717, 1.165) is 55.5 Å². The smallest absolute Gasteiger partial charge is 0.319 e. The molecule has 0 aliphatic carbocycles. The number of aliphatic hydroxyl groups is 1. The predicted molar refractivity (Wildman–Crippen MR) is 146 cm³/mol. The number of benzene rings is 1. The van der Waals surface area contributed by atoms with Crippen molar-refractivity contribution in [1.82, 2.24) is 19.7 Å². The Hall–Kier alpha value is -2.99. The molecule has 3 aromatic rings. The van der Waals surface area contributed by atoms with Crippen LogP contribution in [0.2, 0.25) is 0 Å². The van der Waals surface area contributed by atoms with Crippen LogP contribution in [0.4, 0.5) is 5.82 Å². The van der Waals surface area contributed by atoms with E-state index in [4.69, 9.17) is 34.0 Å². The number of fused-ring (bicyclic) bond motifs is 1. The maximum Gasteiger partial charge on any atom is 0.319 e. The van der Waals surface area contributed by atoms with Crippen LogP contribution in [0.1, 0.15) is 52.2 Å². The van der Waals surface area contributed by atoms with Gasteiger partial charge in [-0.25, -0.2) is 4.68 Å². The van der Waals surface area contributed by atoms with Gasteiger partial charge in [0.25, 0.3) is 0 Å². The Morgan fingerprint density at radius 3 is 2.77 bits per heavy atom. The molecule has 2 saturated heterocycles. The van der Waals surface area contributed by atoms with Gasteiger partial charge in [-0.05, 0) is 64.2 Å². The highest BCUT2D eigenvalue weighted by atomic mass is 16.5. The molecule has 0 bridgehead atoms. The Bertz CT molecular complexity index is 1240. The van der Waals surface area contributed by atoms with E-state index in [2.05, 4.69) is 4.90 Å². The van der Waals surface area contributed by atoms with E-state index in [9.17, 15) is 10.2 Å². The largest absolute Gasteiger partial charge is 0.508 e. The lowest BCUT2D eigenvalue weighted by Gasteiger charge is -2.23. The quantitative estimate of drug-likeness (QED) is 0.347. The van der Waals surface area contributed by atoms with Crippen molar-refractivity contribution in [1.29, 1.82) is 0 Å². The molecule has 5 rings (SSSR count). The summed E-state index contributed by atoms with van der Waals surface area (Å²) < 4.78 is 25.3. The highest BCUT2D eigenvalue weighted by molar-refractivity contribution is 5.93. The first kappa shape index (κ1) is 27.6. The summed E-state index contributed by atoms with van der Waals surface area (Å²) in [6.07, 6.45) is 3.70. The maximum absolute atomic E-state index is 10.3. The van der Waals surface area contributed by atoms with E-state index >= 15 is 0 Å². The van der Waals surface area contributed by atoms with Crippen LogP contribution in [0, 0.1) is 0 Å². The lowest BCUT2D eigenvalue weighted by Crippen LogP contribution is -2.25. The molecular formula is C28H39N5O6. The average Bonchev–Trinajstić information content (AvgIpc) is 3.56. The van der Waals surface area contributed by atoms with Gasteiger partial charge in [-0.2, -0.15) is 15.1 Å². The minimum Gasteiger partial charge on any atom is -0.508 e. The molecule has 212 valence electrons. The molecule has 4 heterocycles. The number of phenols is 1. The second kappa shape index (κ2) is 12.5. The van der Waals surface area contributed by atoms with Crippen LogP contribution in [-0.4, -0.2) is 88.3 Å². The van der Waals surface area contributed by atoms with Gasteiger partial charge in [0.1, 0.15) is 29.1 Å². The van der Waals surface area contributed by atoms with Crippen molar-refractivity contribution in [2.45, 2.75) is 70.5 Å². The molecule has 11 nitrogen and oxygen atoms in total. The summed E-state index contributed by atoms with van der Waals surface area (Å²) in [6, 6.07) is 7.41. The first-order valence-electron chi connectivity index (χ1n) is 13.8. The third-order valence-corrected chi connectivity index (χ3v) is 7.19. The van der Waals surface area contributed by atoms with E-state index in [1.54, 1.807) is 26.2 Å². The van der Waals surface area contributed by atoms with Crippen LogP contribution in [0.3, 0.4) is 0 Å². The van der Waals surface area contributed by atoms with Gasteiger partial charge in [0.2, 0.25) is 0 Å². The molecular weight excluding hydrogens is 502 g/mol. The number of hydrogen-bond donors (Lipinski definition) is 2. The maximum atomic E-state index is 10.3. The van der Waals surface area contributed by atoms with Gasteiger partial charge < -0.3 is 34.1 Å². The van der Waals surface area contributed by atoms with Gasteiger partial charge in [0.15, 0.2) is 6.23 Å². The summed E-state index contributed by atoms with van der Waals surface area (Å²) in [4.78, 5) is 11.7. The number of ether oxygens (including phenoxy) is 4. The summed E-state index contributed by atoms with van der Waals surface area (Å²) in [5.74, 6) is 0.887. The fourth-order valence-corrected chi connectivity index (χ4v) is 5.05. The topological polar surface area (TPSA) is 124 Å². The molecule has 39 heavy (non-hydrogen) atoms. The number of aromatic hydroxyl groups is 1. The lowest BCUT2D eigenvalue weighted by molar-refractivity contribution is -0.0365. The Balaban J connectivity index is 1.49. The second-order valence-corrected chi connectivity index (χ2v) is 10.4. The normalized spacial score (nSPS) is 21.4. The molecule has 2 aromatic heterocycles. The molecule has 2 fully saturated rings. The molecule has 2 aliphatic heterocycles. The van der Waals surface area contributed by atoms with Crippen LogP contribution in [0.5, 0.6) is 11.8 Å². The van der Waals surface area contributed by atoms with Gasteiger partial charge in [-0.1, -0.05) is 0 Å². The van der Waals surface area contributed by atoms with Crippen molar-refractivity contribution < 1.29 is 29.2 Å². The van der Waals surface area contributed by atoms with E-state index in [0.29, 0.717) is 37.6 Å². The minimum absolute atomic E-state index is 0.134. The molecule has 0 saturated carbocycles. The molecule has 1 aromatic carbocycles. The van der Waals surface area contributed by atoms with E-state index in [1.165, 1.54) is 0 Å². The van der Waals surface area contributed by atoms with Crippen molar-refractivity contribution in [3.63, 3.8) is 0 Å². The van der Waals surface area contributed by atoms with E-state index in [1.807, 2.05) is 23.7 Å². The monoisotopic (exact) mass is 541 g/mol. The molecule has 1 unspecified atom stereocenters. The summed E-state index contributed by atoms with van der Waals surface area (Å²) in [7, 11) is 1.73. The standard InChI is InChI=1S/C28H39N5O6/c1-18(34)10-13-37-17-19(2)39-28-29-23(15-25(30-28)32-11-9-21(16-32)36-3)27-22-14-20(35)7-8-24(22)33(31-27)26-6-4-5-12-38-26/h7-8,14-15,18-19,21,26,34-35H,4-6,9-13,16-17H2,1-3H3/t18-,19-,21-,26?/m1/s1. The van der Waals surface area contributed by atoms with Gasteiger partial charge >= 0.3 is 6.01 Å². The summed E-state index contributed by atoms with van der Waals surface area (Å²) in [5.41, 5.74) is 2.10. The molecule has 4 atom stereocenters. The predicted octanol–water partition coefficient (Wildman–Crippen LogP) is 3.68. The van der Waals surface area contributed by atoms with Gasteiger partial charge in [-0.15, -0.1) is 0 Å². The van der Waals surface area contributed by atoms with Crippen LogP contribution in [0.15, 0.2) is 24.3 Å². The van der Waals surface area contributed by atoms with Crippen LogP contribution < -0.4 is 9.64 Å². The van der Waals surface area contributed by atoms with E-state index in [-0.39, 0.29) is 30.2 Å². The zero-order chi connectivity index (χ0) is 27.4. The SMILES string of the molecule is CO[C@@H]1CCN(c2cc(-c3nn(C4CCCCO4)c4ccc(O)cc34)nc(O[C@H](C)COCC[C@@H](C)O)n2)C1. The number of nitrogens with zero attached hydrogens (tertiary/aromatic N) is 5. The molecule has 0 amide bonds. The van der Waals surface area contributed by atoms with Crippen molar-refractivity contribution in [2.75, 3.05) is 44.9 Å². The van der Waals surface area contributed by atoms with E-state index < -0.39 is 6.10 Å².